The van der Waals surface area contributed by atoms with Gasteiger partial charge >= 0.3 is 0 Å². The van der Waals surface area contributed by atoms with Gasteiger partial charge in [0.1, 0.15) is 0 Å². The third-order valence-electron chi connectivity index (χ3n) is 7.39. The zero-order chi connectivity index (χ0) is 21.7. The Morgan fingerprint density at radius 2 is 1.67 bits per heavy atom. The minimum Gasteiger partial charge on any atom is -0.389 e. The summed E-state index contributed by atoms with van der Waals surface area (Å²) in [6, 6.07) is 15.6. The van der Waals surface area contributed by atoms with Gasteiger partial charge in [0.25, 0.3) is 0 Å². The molecule has 1 heteroatoms. The molecular weight excluding hydrogens is 364 g/mol. The number of hydrogen-bond acceptors (Lipinski definition) is 1. The fraction of sp³-hybridized carbons (Fsp3) is 0.517. The van der Waals surface area contributed by atoms with Gasteiger partial charge in [0.05, 0.1) is 5.60 Å². The third kappa shape index (κ3) is 5.43. The molecule has 2 aromatic carbocycles. The van der Waals surface area contributed by atoms with Gasteiger partial charge in [-0.15, -0.1) is 0 Å². The zero-order valence-electron chi connectivity index (χ0n) is 19.7. The van der Waals surface area contributed by atoms with Crippen LogP contribution in [0.3, 0.4) is 0 Å². The van der Waals surface area contributed by atoms with Crippen molar-refractivity contribution in [2.45, 2.75) is 91.1 Å². The first-order valence-corrected chi connectivity index (χ1v) is 11.9. The molecule has 1 aliphatic rings. The fourth-order valence-electron chi connectivity index (χ4n) is 5.13. The molecule has 0 aliphatic heterocycles. The zero-order valence-corrected chi connectivity index (χ0v) is 19.7. The topological polar surface area (TPSA) is 20.2 Å². The van der Waals surface area contributed by atoms with Crippen LogP contribution in [-0.2, 0) is 6.42 Å². The summed E-state index contributed by atoms with van der Waals surface area (Å²) >= 11 is 0. The van der Waals surface area contributed by atoms with Crippen molar-refractivity contribution >= 4 is 5.57 Å². The lowest BCUT2D eigenvalue weighted by Crippen LogP contribution is -2.37. The van der Waals surface area contributed by atoms with Gasteiger partial charge in [-0.05, 0) is 85.8 Å². The Hall–Kier alpha value is -1.86. The molecule has 0 heterocycles. The Morgan fingerprint density at radius 1 is 1.00 bits per heavy atom. The molecule has 162 valence electrons. The first kappa shape index (κ1) is 22.8. The predicted molar refractivity (Wildman–Crippen MR) is 130 cm³/mol. The Kier molecular flexibility index (Phi) is 7.58. The highest BCUT2D eigenvalue weighted by molar-refractivity contribution is 5.68. The number of aliphatic hydroxyl groups is 1. The van der Waals surface area contributed by atoms with E-state index in [1.807, 2.05) is 0 Å². The van der Waals surface area contributed by atoms with Crippen LogP contribution in [-0.4, -0.2) is 10.7 Å². The summed E-state index contributed by atoms with van der Waals surface area (Å²) in [7, 11) is 0. The van der Waals surface area contributed by atoms with E-state index in [2.05, 4.69) is 83.2 Å². The van der Waals surface area contributed by atoms with Crippen molar-refractivity contribution in [1.82, 2.24) is 0 Å². The summed E-state index contributed by atoms with van der Waals surface area (Å²) in [5.74, 6) is 0.771. The van der Waals surface area contributed by atoms with E-state index in [0.29, 0.717) is 5.92 Å². The normalized spacial score (nSPS) is 18.8. The van der Waals surface area contributed by atoms with E-state index in [9.17, 15) is 5.11 Å². The Bertz CT molecular complexity index is 855. The van der Waals surface area contributed by atoms with Crippen molar-refractivity contribution in [3.8, 4) is 0 Å². The third-order valence-corrected chi connectivity index (χ3v) is 7.39. The quantitative estimate of drug-likeness (QED) is 0.499. The van der Waals surface area contributed by atoms with E-state index in [-0.39, 0.29) is 5.92 Å². The van der Waals surface area contributed by atoms with Gasteiger partial charge in [-0.25, -0.2) is 0 Å². The van der Waals surface area contributed by atoms with Crippen LogP contribution in [0, 0.1) is 19.8 Å². The molecule has 2 aromatic rings. The second kappa shape index (κ2) is 9.96. The van der Waals surface area contributed by atoms with Crippen molar-refractivity contribution < 1.29 is 5.11 Å². The minimum atomic E-state index is -0.518. The molecule has 1 N–H and O–H groups in total. The van der Waals surface area contributed by atoms with Gasteiger partial charge in [-0.1, -0.05) is 81.7 Å². The molecule has 1 fully saturated rings. The van der Waals surface area contributed by atoms with E-state index < -0.39 is 5.60 Å². The first-order valence-electron chi connectivity index (χ1n) is 11.9. The largest absolute Gasteiger partial charge is 0.389 e. The molecule has 0 spiro atoms. The lowest BCUT2D eigenvalue weighted by atomic mass is 9.75. The summed E-state index contributed by atoms with van der Waals surface area (Å²) in [5, 5.41) is 11.1. The van der Waals surface area contributed by atoms with Crippen molar-refractivity contribution in [1.29, 1.82) is 0 Å². The molecule has 0 aromatic heterocycles. The van der Waals surface area contributed by atoms with E-state index >= 15 is 0 Å². The molecule has 1 aliphatic carbocycles. The maximum Gasteiger partial charge on any atom is 0.0707 e. The van der Waals surface area contributed by atoms with Gasteiger partial charge in [-0.2, -0.15) is 0 Å². The number of hydrogen-bond donors (Lipinski definition) is 1. The average Bonchev–Trinajstić information content (AvgIpc) is 2.74. The summed E-state index contributed by atoms with van der Waals surface area (Å²) in [5.41, 5.74) is 7.73. The number of benzene rings is 2. The highest BCUT2D eigenvalue weighted by Gasteiger charge is 2.33. The molecule has 0 bridgehead atoms. The van der Waals surface area contributed by atoms with Crippen LogP contribution in [0.25, 0.3) is 5.57 Å². The van der Waals surface area contributed by atoms with Gasteiger partial charge in [0, 0.05) is 5.92 Å². The molecular formula is C29H40O. The summed E-state index contributed by atoms with van der Waals surface area (Å²) in [6.45, 7) is 11.2. The van der Waals surface area contributed by atoms with Crippen LogP contribution in [0.4, 0.5) is 0 Å². The van der Waals surface area contributed by atoms with Crippen LogP contribution in [0.5, 0.6) is 0 Å². The second-order valence-electron chi connectivity index (χ2n) is 9.75. The summed E-state index contributed by atoms with van der Waals surface area (Å²) in [6.07, 6.45) is 10.0. The van der Waals surface area contributed by atoms with Crippen molar-refractivity contribution in [2.75, 3.05) is 0 Å². The van der Waals surface area contributed by atoms with Crippen LogP contribution < -0.4 is 0 Å². The van der Waals surface area contributed by atoms with Crippen LogP contribution in [0.1, 0.15) is 93.0 Å². The van der Waals surface area contributed by atoms with E-state index in [0.717, 1.165) is 32.1 Å². The fourth-order valence-corrected chi connectivity index (χ4v) is 5.13. The molecule has 30 heavy (non-hydrogen) atoms. The highest BCUT2D eigenvalue weighted by Crippen LogP contribution is 2.36. The molecule has 2 atom stereocenters. The summed E-state index contributed by atoms with van der Waals surface area (Å²) in [4.78, 5) is 0. The van der Waals surface area contributed by atoms with E-state index in [1.54, 1.807) is 0 Å². The Balaban J connectivity index is 1.72. The maximum atomic E-state index is 11.1. The highest BCUT2D eigenvalue weighted by atomic mass is 16.3. The second-order valence-corrected chi connectivity index (χ2v) is 9.75. The van der Waals surface area contributed by atoms with Gasteiger partial charge in [0.15, 0.2) is 0 Å². The molecule has 0 amide bonds. The van der Waals surface area contributed by atoms with Gasteiger partial charge in [-0.3, -0.25) is 0 Å². The van der Waals surface area contributed by atoms with Crippen LogP contribution >= 0.6 is 0 Å². The van der Waals surface area contributed by atoms with Gasteiger partial charge < -0.3 is 5.11 Å². The molecule has 1 saturated carbocycles. The standard InChI is InChI=1S/C29H40O/c1-21(26-12-8-6-9-13-26)14-15-27-19-24(4)28(20-22(27)2)23(3)18-25(5)29(30)16-10-7-11-17-29/h6,8-9,12-13,18-21,25,30H,7,10-11,14-17H2,1-5H3. The van der Waals surface area contributed by atoms with Crippen molar-refractivity contribution in [3.05, 3.63) is 76.4 Å². The SMILES string of the molecule is CC(=CC(C)C1(O)CCCCC1)c1cc(C)c(CCC(C)c2ccccc2)cc1C. The van der Waals surface area contributed by atoms with E-state index in [4.69, 9.17) is 0 Å². The Morgan fingerprint density at radius 3 is 2.33 bits per heavy atom. The molecule has 1 nitrogen and oxygen atoms in total. The molecule has 3 rings (SSSR count). The monoisotopic (exact) mass is 404 g/mol. The number of rotatable bonds is 7. The lowest BCUT2D eigenvalue weighted by Gasteiger charge is -2.36. The molecule has 0 saturated heterocycles. The molecule has 0 radical (unpaired) electrons. The number of allylic oxidation sites excluding steroid dienone is 1. The van der Waals surface area contributed by atoms with Crippen molar-refractivity contribution in [2.24, 2.45) is 5.92 Å². The van der Waals surface area contributed by atoms with Crippen LogP contribution in [0.2, 0.25) is 0 Å². The maximum absolute atomic E-state index is 11.1. The predicted octanol–water partition coefficient (Wildman–Crippen LogP) is 7.77. The van der Waals surface area contributed by atoms with Crippen LogP contribution in [0.15, 0.2) is 48.5 Å². The van der Waals surface area contributed by atoms with Gasteiger partial charge in [0.2, 0.25) is 0 Å². The first-order chi connectivity index (χ1) is 14.3. The smallest absolute Gasteiger partial charge is 0.0707 e. The molecule has 2 unspecified atom stereocenters. The number of aryl methyl sites for hydroxylation is 3. The Labute approximate surface area is 184 Å². The van der Waals surface area contributed by atoms with E-state index in [1.165, 1.54) is 46.2 Å². The van der Waals surface area contributed by atoms with Crippen molar-refractivity contribution in [3.63, 3.8) is 0 Å². The summed E-state index contributed by atoms with van der Waals surface area (Å²) < 4.78 is 0. The minimum absolute atomic E-state index is 0.198. The lowest BCUT2D eigenvalue weighted by molar-refractivity contribution is -0.0272. The average molecular weight is 405 g/mol.